The van der Waals surface area contributed by atoms with Crippen LogP contribution in [-0.4, -0.2) is 43.5 Å². The van der Waals surface area contributed by atoms with E-state index in [-0.39, 0.29) is 11.1 Å². The maximum absolute atomic E-state index is 11.2. The van der Waals surface area contributed by atoms with E-state index in [1.807, 2.05) is 18.2 Å². The molecule has 128 valence electrons. The average Bonchev–Trinajstić information content (AvgIpc) is 3.12. The Morgan fingerprint density at radius 2 is 1.96 bits per heavy atom. The van der Waals surface area contributed by atoms with E-state index in [0.717, 1.165) is 23.4 Å². The van der Waals surface area contributed by atoms with Gasteiger partial charge in [0, 0.05) is 18.6 Å². The molecule has 0 unspecified atom stereocenters. The highest BCUT2D eigenvalue weighted by molar-refractivity contribution is 7.10. The third-order valence-electron chi connectivity index (χ3n) is 4.42. The lowest BCUT2D eigenvalue weighted by molar-refractivity contribution is 0.0626. The Kier molecular flexibility index (Phi) is 4.73. The first-order valence-corrected chi connectivity index (χ1v) is 8.48. The normalized spacial score (nSPS) is 16.6. The second kappa shape index (κ2) is 6.78. The van der Waals surface area contributed by atoms with Gasteiger partial charge in [0.25, 0.3) is 0 Å². The van der Waals surface area contributed by atoms with Crippen LogP contribution in [0, 0.1) is 0 Å². The maximum atomic E-state index is 11.2. The predicted octanol–water partition coefficient (Wildman–Crippen LogP) is 2.96. The van der Waals surface area contributed by atoms with Crippen LogP contribution < -0.4 is 9.47 Å². The van der Waals surface area contributed by atoms with Crippen molar-refractivity contribution in [3.8, 4) is 11.5 Å². The molecule has 0 saturated carbocycles. The van der Waals surface area contributed by atoms with Crippen molar-refractivity contribution in [2.24, 2.45) is 0 Å². The van der Waals surface area contributed by atoms with Gasteiger partial charge in [-0.15, -0.1) is 11.3 Å². The van der Waals surface area contributed by atoms with Crippen LogP contribution in [0.2, 0.25) is 0 Å². The van der Waals surface area contributed by atoms with Crippen molar-refractivity contribution >= 4 is 17.3 Å². The monoisotopic (exact) mass is 349 g/mol. The van der Waals surface area contributed by atoms with Crippen LogP contribution in [0.3, 0.4) is 0 Å². The molecule has 0 spiro atoms. The summed E-state index contributed by atoms with van der Waals surface area (Å²) in [6.07, 6.45) is 1.49. The van der Waals surface area contributed by atoms with E-state index in [4.69, 9.17) is 14.2 Å². The Bertz CT molecular complexity index is 736. The van der Waals surface area contributed by atoms with E-state index in [0.29, 0.717) is 24.7 Å². The van der Waals surface area contributed by atoms with Crippen molar-refractivity contribution < 1.29 is 24.1 Å². The van der Waals surface area contributed by atoms with Crippen LogP contribution in [-0.2, 0) is 10.2 Å². The summed E-state index contributed by atoms with van der Waals surface area (Å²) >= 11 is 1.38. The summed E-state index contributed by atoms with van der Waals surface area (Å²) in [6, 6.07) is 5.82. The molecule has 24 heavy (non-hydrogen) atoms. The van der Waals surface area contributed by atoms with Gasteiger partial charge in [-0.2, -0.15) is 0 Å². The minimum absolute atomic E-state index is 0.0846. The number of hydrogen-bond acceptors (Lipinski definition) is 6. The molecule has 0 radical (unpaired) electrons. The number of hydrogen-bond donors (Lipinski definition) is 1. The van der Waals surface area contributed by atoms with Gasteiger partial charge in [-0.05, 0) is 30.5 Å². The standard InChI is InChI=1S/C17H19NO5S/c1-21-13-4-3-11(9-14(13)22-2)17(5-7-23-8-6-17)16-18-12(10-24-16)15(19)20/h3-4,9-10H,5-8H2,1-2H3,(H,19,20). The molecule has 2 aromatic rings. The van der Waals surface area contributed by atoms with E-state index in [1.165, 1.54) is 11.3 Å². The van der Waals surface area contributed by atoms with Crippen LogP contribution in [0.25, 0.3) is 0 Å². The van der Waals surface area contributed by atoms with Crippen molar-refractivity contribution in [2.45, 2.75) is 18.3 Å². The molecule has 1 fully saturated rings. The molecule has 0 amide bonds. The highest BCUT2D eigenvalue weighted by Crippen LogP contribution is 2.44. The number of carboxylic acid groups (broad SMARTS) is 1. The first kappa shape index (κ1) is 16.7. The number of methoxy groups -OCH3 is 2. The number of aromatic nitrogens is 1. The van der Waals surface area contributed by atoms with Crippen LogP contribution in [0.1, 0.15) is 33.9 Å². The Labute approximate surface area is 144 Å². The van der Waals surface area contributed by atoms with Gasteiger partial charge in [-0.25, -0.2) is 9.78 Å². The molecule has 1 saturated heterocycles. The Morgan fingerprint density at radius 3 is 2.54 bits per heavy atom. The zero-order valence-electron chi connectivity index (χ0n) is 13.6. The lowest BCUT2D eigenvalue weighted by atomic mass is 9.74. The molecule has 0 aliphatic carbocycles. The fourth-order valence-corrected chi connectivity index (χ4v) is 4.15. The van der Waals surface area contributed by atoms with E-state index in [9.17, 15) is 9.90 Å². The molecule has 0 atom stereocenters. The summed E-state index contributed by atoms with van der Waals surface area (Å²) in [4.78, 5) is 15.6. The van der Waals surface area contributed by atoms with Crippen molar-refractivity contribution in [3.05, 3.63) is 39.8 Å². The number of ether oxygens (including phenoxy) is 3. The zero-order valence-corrected chi connectivity index (χ0v) is 14.4. The SMILES string of the molecule is COc1ccc(C2(c3nc(C(=O)O)cs3)CCOCC2)cc1OC. The molecule has 1 aliphatic rings. The molecule has 1 N–H and O–H groups in total. The van der Waals surface area contributed by atoms with Gasteiger partial charge in [0.05, 0.1) is 19.6 Å². The van der Waals surface area contributed by atoms with Crippen LogP contribution in [0.4, 0.5) is 0 Å². The van der Waals surface area contributed by atoms with Crippen molar-refractivity contribution in [1.82, 2.24) is 4.98 Å². The molecular weight excluding hydrogens is 330 g/mol. The number of benzene rings is 1. The highest BCUT2D eigenvalue weighted by Gasteiger charge is 2.40. The summed E-state index contributed by atoms with van der Waals surface area (Å²) in [5.41, 5.74) is 0.756. The number of carboxylic acids is 1. The Morgan fingerprint density at radius 1 is 1.25 bits per heavy atom. The fraction of sp³-hybridized carbons (Fsp3) is 0.412. The predicted molar refractivity (Wildman–Crippen MR) is 89.5 cm³/mol. The summed E-state index contributed by atoms with van der Waals surface area (Å²) in [6.45, 7) is 1.21. The molecule has 1 aliphatic heterocycles. The van der Waals surface area contributed by atoms with Gasteiger partial charge in [0.15, 0.2) is 17.2 Å². The molecule has 1 aromatic carbocycles. The zero-order chi connectivity index (χ0) is 17.2. The minimum Gasteiger partial charge on any atom is -0.493 e. The second-order valence-corrected chi connectivity index (χ2v) is 6.47. The summed E-state index contributed by atoms with van der Waals surface area (Å²) in [5, 5.41) is 11.6. The lowest BCUT2D eigenvalue weighted by Gasteiger charge is -2.36. The molecule has 1 aromatic heterocycles. The van der Waals surface area contributed by atoms with Gasteiger partial charge in [0.1, 0.15) is 5.01 Å². The van der Waals surface area contributed by atoms with Gasteiger partial charge >= 0.3 is 5.97 Å². The first-order chi connectivity index (χ1) is 11.6. The van der Waals surface area contributed by atoms with Crippen molar-refractivity contribution in [2.75, 3.05) is 27.4 Å². The highest BCUT2D eigenvalue weighted by atomic mass is 32.1. The largest absolute Gasteiger partial charge is 0.493 e. The van der Waals surface area contributed by atoms with E-state index in [2.05, 4.69) is 4.98 Å². The quantitative estimate of drug-likeness (QED) is 0.894. The molecular formula is C17H19NO5S. The topological polar surface area (TPSA) is 77.9 Å². The first-order valence-electron chi connectivity index (χ1n) is 7.60. The van der Waals surface area contributed by atoms with Crippen LogP contribution in [0.15, 0.2) is 23.6 Å². The van der Waals surface area contributed by atoms with E-state index < -0.39 is 5.97 Å². The Hall–Kier alpha value is -2.12. The summed E-state index contributed by atoms with van der Waals surface area (Å²) < 4.78 is 16.3. The van der Waals surface area contributed by atoms with Crippen LogP contribution >= 0.6 is 11.3 Å². The Balaban J connectivity index is 2.10. The van der Waals surface area contributed by atoms with Crippen molar-refractivity contribution in [3.63, 3.8) is 0 Å². The summed E-state index contributed by atoms with van der Waals surface area (Å²) in [5.74, 6) is 0.303. The molecule has 3 rings (SSSR count). The molecule has 6 nitrogen and oxygen atoms in total. The van der Waals surface area contributed by atoms with Crippen LogP contribution in [0.5, 0.6) is 11.5 Å². The number of carbonyl (C=O) groups is 1. The molecule has 2 heterocycles. The van der Waals surface area contributed by atoms with Gasteiger partial charge in [-0.1, -0.05) is 6.07 Å². The number of aromatic carboxylic acids is 1. The van der Waals surface area contributed by atoms with E-state index >= 15 is 0 Å². The van der Waals surface area contributed by atoms with Gasteiger partial charge in [0.2, 0.25) is 0 Å². The minimum atomic E-state index is -1.01. The maximum Gasteiger partial charge on any atom is 0.355 e. The number of nitrogens with zero attached hydrogens (tertiary/aromatic N) is 1. The molecule has 0 bridgehead atoms. The van der Waals surface area contributed by atoms with Gasteiger partial charge in [-0.3, -0.25) is 0 Å². The van der Waals surface area contributed by atoms with E-state index in [1.54, 1.807) is 19.6 Å². The average molecular weight is 349 g/mol. The number of rotatable bonds is 5. The molecule has 7 heteroatoms. The smallest absolute Gasteiger partial charge is 0.355 e. The fourth-order valence-electron chi connectivity index (χ4n) is 3.07. The van der Waals surface area contributed by atoms with Crippen molar-refractivity contribution in [1.29, 1.82) is 0 Å². The lowest BCUT2D eigenvalue weighted by Crippen LogP contribution is -2.35. The summed E-state index contributed by atoms with van der Waals surface area (Å²) in [7, 11) is 3.20. The number of thiazole rings is 1. The second-order valence-electron chi connectivity index (χ2n) is 5.61. The van der Waals surface area contributed by atoms with Gasteiger partial charge < -0.3 is 19.3 Å². The third kappa shape index (κ3) is 2.85. The third-order valence-corrected chi connectivity index (χ3v) is 5.46.